The second-order valence-electron chi connectivity index (χ2n) is 6.61. The third-order valence-corrected chi connectivity index (χ3v) is 5.03. The van der Waals surface area contributed by atoms with Crippen LogP contribution in [-0.2, 0) is 4.79 Å². The maximum Gasteiger partial charge on any atom is 0.156 e. The number of Topliss-reactive ketones (excluding diaryl/α,β-unsaturated/α-hetero) is 1. The molecule has 0 amide bonds. The van der Waals surface area contributed by atoms with Crippen molar-refractivity contribution in [2.75, 3.05) is 14.1 Å². The zero-order chi connectivity index (χ0) is 13.9. The molecule has 0 radical (unpaired) electrons. The van der Waals surface area contributed by atoms with Crippen molar-refractivity contribution in [2.45, 2.75) is 65.3 Å². The molecule has 1 saturated carbocycles. The smallest absolute Gasteiger partial charge is 0.156 e. The van der Waals surface area contributed by atoms with Gasteiger partial charge in [-0.3, -0.25) is 9.69 Å². The van der Waals surface area contributed by atoms with Crippen LogP contribution in [0.25, 0.3) is 0 Å². The van der Waals surface area contributed by atoms with E-state index in [-0.39, 0.29) is 11.5 Å². The van der Waals surface area contributed by atoms with Crippen LogP contribution in [0.2, 0.25) is 0 Å². The van der Waals surface area contributed by atoms with Gasteiger partial charge in [-0.15, -0.1) is 0 Å². The highest BCUT2D eigenvalue weighted by molar-refractivity contribution is 5.90. The van der Waals surface area contributed by atoms with Gasteiger partial charge in [0.2, 0.25) is 0 Å². The first-order valence-electron chi connectivity index (χ1n) is 7.59. The lowest BCUT2D eigenvalue weighted by atomic mass is 9.69. The molecule has 18 heavy (non-hydrogen) atoms. The number of rotatable bonds is 5. The van der Waals surface area contributed by atoms with Gasteiger partial charge in [0.05, 0.1) is 5.54 Å². The van der Waals surface area contributed by atoms with Gasteiger partial charge in [-0.05, 0) is 58.0 Å². The van der Waals surface area contributed by atoms with Crippen molar-refractivity contribution in [2.24, 2.45) is 17.8 Å². The predicted octanol–water partition coefficient (Wildman–Crippen LogP) is 3.75. The molecule has 2 unspecified atom stereocenters. The molecule has 2 heteroatoms. The Hall–Kier alpha value is -0.370. The molecule has 0 aliphatic heterocycles. The third-order valence-electron chi connectivity index (χ3n) is 5.03. The number of hydrogen-bond donors (Lipinski definition) is 0. The number of nitrogens with zero attached hydrogens (tertiary/aromatic N) is 1. The molecule has 1 fully saturated rings. The Bertz CT molecular complexity index is 271. The van der Waals surface area contributed by atoms with Crippen molar-refractivity contribution in [3.63, 3.8) is 0 Å². The van der Waals surface area contributed by atoms with E-state index in [1.54, 1.807) is 0 Å². The summed E-state index contributed by atoms with van der Waals surface area (Å²) in [6, 6.07) is 0. The number of carbonyl (C=O) groups is 1. The summed E-state index contributed by atoms with van der Waals surface area (Å²) >= 11 is 0. The molecule has 1 aliphatic carbocycles. The molecule has 1 aliphatic rings. The Labute approximate surface area is 113 Å². The molecule has 0 aromatic carbocycles. The molecule has 106 valence electrons. The van der Waals surface area contributed by atoms with Crippen molar-refractivity contribution >= 4 is 5.78 Å². The first-order valence-corrected chi connectivity index (χ1v) is 7.59. The van der Waals surface area contributed by atoms with Crippen molar-refractivity contribution < 1.29 is 4.79 Å². The van der Waals surface area contributed by atoms with Crippen LogP contribution in [0.15, 0.2) is 0 Å². The van der Waals surface area contributed by atoms with E-state index in [9.17, 15) is 4.79 Å². The van der Waals surface area contributed by atoms with Crippen LogP contribution in [0.3, 0.4) is 0 Å². The minimum Gasteiger partial charge on any atom is -0.297 e. The molecular formula is C16H31NO. The average Bonchev–Trinajstić information content (AvgIpc) is 2.29. The van der Waals surface area contributed by atoms with E-state index in [1.165, 1.54) is 6.42 Å². The Morgan fingerprint density at radius 1 is 1.06 bits per heavy atom. The summed E-state index contributed by atoms with van der Waals surface area (Å²) in [5.74, 6) is 2.19. The fraction of sp³-hybridized carbons (Fsp3) is 0.938. The van der Waals surface area contributed by atoms with Gasteiger partial charge in [-0.1, -0.05) is 27.7 Å². The number of likely N-dealkylation sites (N-methyl/N-ethyl adjacent to an activating group) is 1. The summed E-state index contributed by atoms with van der Waals surface area (Å²) in [4.78, 5) is 15.1. The average molecular weight is 253 g/mol. The van der Waals surface area contributed by atoms with Gasteiger partial charge in [0.15, 0.2) is 5.78 Å². The van der Waals surface area contributed by atoms with Gasteiger partial charge in [0.1, 0.15) is 0 Å². The third kappa shape index (κ3) is 2.96. The molecule has 0 heterocycles. The molecule has 0 saturated heterocycles. The monoisotopic (exact) mass is 253 g/mol. The lowest BCUT2D eigenvalue weighted by molar-refractivity contribution is -0.136. The Balaban J connectivity index is 2.89. The van der Waals surface area contributed by atoms with Crippen LogP contribution in [0.4, 0.5) is 0 Å². The second-order valence-corrected chi connectivity index (χ2v) is 6.61. The standard InChI is InChI=1S/C16H31NO/c1-7-16(8-2,17(5)6)15(18)14-10-12(3)9-13(4)11-14/h12-14H,7-11H2,1-6H3. The van der Waals surface area contributed by atoms with E-state index in [2.05, 4.69) is 46.7 Å². The number of hydrogen-bond acceptors (Lipinski definition) is 2. The summed E-state index contributed by atoms with van der Waals surface area (Å²) in [5.41, 5.74) is -0.235. The number of ketones is 1. The van der Waals surface area contributed by atoms with Crippen molar-refractivity contribution in [1.82, 2.24) is 4.90 Å². The van der Waals surface area contributed by atoms with E-state index < -0.39 is 0 Å². The fourth-order valence-corrected chi connectivity index (χ4v) is 3.99. The van der Waals surface area contributed by atoms with Crippen LogP contribution < -0.4 is 0 Å². The van der Waals surface area contributed by atoms with Crippen LogP contribution in [0, 0.1) is 17.8 Å². The van der Waals surface area contributed by atoms with Crippen LogP contribution >= 0.6 is 0 Å². The van der Waals surface area contributed by atoms with E-state index in [0.29, 0.717) is 17.6 Å². The molecule has 0 aromatic heterocycles. The van der Waals surface area contributed by atoms with E-state index in [4.69, 9.17) is 0 Å². The van der Waals surface area contributed by atoms with E-state index in [1.807, 2.05) is 0 Å². The molecular weight excluding hydrogens is 222 g/mol. The molecule has 0 aromatic rings. The van der Waals surface area contributed by atoms with Gasteiger partial charge < -0.3 is 0 Å². The van der Waals surface area contributed by atoms with Crippen LogP contribution in [0.5, 0.6) is 0 Å². The molecule has 0 N–H and O–H groups in total. The zero-order valence-corrected chi connectivity index (χ0v) is 13.1. The minimum absolute atomic E-state index is 0.235. The summed E-state index contributed by atoms with van der Waals surface area (Å²) in [6.45, 7) is 8.89. The van der Waals surface area contributed by atoms with Gasteiger partial charge in [-0.2, -0.15) is 0 Å². The van der Waals surface area contributed by atoms with Crippen molar-refractivity contribution in [3.8, 4) is 0 Å². The first kappa shape index (κ1) is 15.7. The highest BCUT2D eigenvalue weighted by Gasteiger charge is 2.42. The van der Waals surface area contributed by atoms with Gasteiger partial charge in [0.25, 0.3) is 0 Å². The largest absolute Gasteiger partial charge is 0.297 e. The van der Waals surface area contributed by atoms with Gasteiger partial charge >= 0.3 is 0 Å². The van der Waals surface area contributed by atoms with Crippen molar-refractivity contribution in [1.29, 1.82) is 0 Å². The van der Waals surface area contributed by atoms with E-state index in [0.717, 1.165) is 25.7 Å². The molecule has 2 atom stereocenters. The summed E-state index contributed by atoms with van der Waals surface area (Å²) in [7, 11) is 4.11. The normalized spacial score (nSPS) is 29.6. The lowest BCUT2D eigenvalue weighted by Gasteiger charge is -2.42. The van der Waals surface area contributed by atoms with Gasteiger partial charge in [-0.25, -0.2) is 0 Å². The zero-order valence-electron chi connectivity index (χ0n) is 13.1. The quantitative estimate of drug-likeness (QED) is 0.744. The molecule has 0 bridgehead atoms. The lowest BCUT2D eigenvalue weighted by Crippen LogP contribution is -2.53. The van der Waals surface area contributed by atoms with Gasteiger partial charge in [0, 0.05) is 5.92 Å². The summed E-state index contributed by atoms with van der Waals surface area (Å²) < 4.78 is 0. The molecule has 2 nitrogen and oxygen atoms in total. The van der Waals surface area contributed by atoms with E-state index >= 15 is 0 Å². The minimum atomic E-state index is -0.235. The fourth-order valence-electron chi connectivity index (χ4n) is 3.99. The Kier molecular flexibility index (Phi) is 5.39. The number of carbonyl (C=O) groups excluding carboxylic acids is 1. The highest BCUT2D eigenvalue weighted by Crippen LogP contribution is 2.37. The Morgan fingerprint density at radius 2 is 1.50 bits per heavy atom. The van der Waals surface area contributed by atoms with Crippen LogP contribution in [-0.4, -0.2) is 30.3 Å². The topological polar surface area (TPSA) is 20.3 Å². The highest BCUT2D eigenvalue weighted by atomic mass is 16.1. The predicted molar refractivity (Wildman–Crippen MR) is 77.7 cm³/mol. The maximum atomic E-state index is 13.0. The summed E-state index contributed by atoms with van der Waals surface area (Å²) in [5, 5.41) is 0. The van der Waals surface area contributed by atoms with Crippen LogP contribution in [0.1, 0.15) is 59.8 Å². The summed E-state index contributed by atoms with van der Waals surface area (Å²) in [6.07, 6.45) is 5.33. The maximum absolute atomic E-state index is 13.0. The molecule has 0 spiro atoms. The van der Waals surface area contributed by atoms with Crippen molar-refractivity contribution in [3.05, 3.63) is 0 Å². The Morgan fingerprint density at radius 3 is 1.83 bits per heavy atom. The molecule has 1 rings (SSSR count). The first-order chi connectivity index (χ1) is 8.37. The second kappa shape index (κ2) is 6.18. The SMILES string of the molecule is CCC(CC)(C(=O)C1CC(C)CC(C)C1)N(C)C.